The summed E-state index contributed by atoms with van der Waals surface area (Å²) >= 11 is 0. The van der Waals surface area contributed by atoms with Crippen molar-refractivity contribution in [2.75, 3.05) is 26.3 Å². The van der Waals surface area contributed by atoms with E-state index in [0.717, 1.165) is 26.3 Å². The summed E-state index contributed by atoms with van der Waals surface area (Å²) in [6.45, 7) is 10.6. The molecule has 3 heteroatoms. The van der Waals surface area contributed by atoms with Crippen molar-refractivity contribution in [3.05, 3.63) is 0 Å². The zero-order valence-corrected chi connectivity index (χ0v) is 11.7. The molecule has 3 nitrogen and oxygen atoms in total. The third kappa shape index (κ3) is 2.13. The van der Waals surface area contributed by atoms with E-state index >= 15 is 0 Å². The minimum absolute atomic E-state index is 0.189. The molecular weight excluding hydrogens is 212 g/mol. The molecule has 0 spiro atoms. The Kier molecular flexibility index (Phi) is 3.81. The summed E-state index contributed by atoms with van der Waals surface area (Å²) in [6, 6.07) is 0.504. The summed E-state index contributed by atoms with van der Waals surface area (Å²) in [5, 5.41) is 0. The van der Waals surface area contributed by atoms with Crippen molar-refractivity contribution in [2.45, 2.75) is 58.0 Å². The van der Waals surface area contributed by atoms with Crippen molar-refractivity contribution in [1.29, 1.82) is 0 Å². The molecule has 1 aliphatic heterocycles. The average molecular weight is 240 g/mol. The first-order chi connectivity index (χ1) is 8.03. The molecule has 2 fully saturated rings. The summed E-state index contributed by atoms with van der Waals surface area (Å²) in [5.74, 6) is 0. The van der Waals surface area contributed by atoms with Gasteiger partial charge in [-0.1, -0.05) is 26.7 Å². The number of nitrogens with zero attached hydrogens (tertiary/aromatic N) is 1. The molecule has 2 atom stereocenters. The van der Waals surface area contributed by atoms with Gasteiger partial charge in [0.25, 0.3) is 0 Å². The van der Waals surface area contributed by atoms with Crippen molar-refractivity contribution >= 4 is 0 Å². The molecule has 1 saturated heterocycles. The Morgan fingerprint density at radius 3 is 2.59 bits per heavy atom. The highest BCUT2D eigenvalue weighted by Gasteiger charge is 2.51. The lowest BCUT2D eigenvalue weighted by atomic mass is 9.61. The predicted octanol–water partition coefficient (Wildman–Crippen LogP) is 2.00. The highest BCUT2D eigenvalue weighted by molar-refractivity contribution is 5.06. The molecule has 0 radical (unpaired) electrons. The standard InChI is InChI=1S/C14H28N2O/c1-12-10-17-9-8-16(12)14(11-15)7-5-4-6-13(14,2)3/h12H,4-11,15H2,1-3H3. The van der Waals surface area contributed by atoms with Crippen molar-refractivity contribution < 1.29 is 4.74 Å². The molecule has 0 aromatic carbocycles. The minimum Gasteiger partial charge on any atom is -0.379 e. The van der Waals surface area contributed by atoms with E-state index in [0.29, 0.717) is 11.5 Å². The second-order valence-corrected chi connectivity index (χ2v) is 6.44. The second kappa shape index (κ2) is 4.87. The Hall–Kier alpha value is -0.120. The van der Waals surface area contributed by atoms with Crippen molar-refractivity contribution in [3.63, 3.8) is 0 Å². The predicted molar refractivity (Wildman–Crippen MR) is 71.0 cm³/mol. The van der Waals surface area contributed by atoms with E-state index in [1.165, 1.54) is 25.7 Å². The van der Waals surface area contributed by atoms with E-state index in [-0.39, 0.29) is 5.54 Å². The van der Waals surface area contributed by atoms with Crippen LogP contribution in [0.5, 0.6) is 0 Å². The first kappa shape index (κ1) is 13.3. The Morgan fingerprint density at radius 2 is 2.00 bits per heavy atom. The molecule has 2 rings (SSSR count). The summed E-state index contributed by atoms with van der Waals surface area (Å²) in [5.41, 5.74) is 6.74. The molecule has 0 aromatic rings. The van der Waals surface area contributed by atoms with E-state index in [1.807, 2.05) is 0 Å². The van der Waals surface area contributed by atoms with Crippen LogP contribution in [-0.2, 0) is 4.74 Å². The molecule has 1 aliphatic carbocycles. The number of rotatable bonds is 2. The lowest BCUT2D eigenvalue weighted by Gasteiger charge is -2.58. The number of ether oxygens (including phenoxy) is 1. The Bertz CT molecular complexity index is 267. The van der Waals surface area contributed by atoms with Crippen molar-refractivity contribution in [1.82, 2.24) is 4.90 Å². The van der Waals surface area contributed by atoms with E-state index in [1.54, 1.807) is 0 Å². The lowest BCUT2D eigenvalue weighted by molar-refractivity contribution is -0.116. The van der Waals surface area contributed by atoms with Crippen LogP contribution in [0.3, 0.4) is 0 Å². The summed E-state index contributed by atoms with van der Waals surface area (Å²) in [6.07, 6.45) is 5.23. The molecule has 2 aliphatic rings. The molecule has 2 unspecified atom stereocenters. The van der Waals surface area contributed by atoms with Gasteiger partial charge in [0, 0.05) is 24.7 Å². The third-order valence-electron chi connectivity index (χ3n) is 5.16. The van der Waals surface area contributed by atoms with Crippen LogP contribution in [0.1, 0.15) is 46.5 Å². The minimum atomic E-state index is 0.189. The molecule has 100 valence electrons. The van der Waals surface area contributed by atoms with Crippen LogP contribution < -0.4 is 5.73 Å². The first-order valence-electron chi connectivity index (χ1n) is 7.08. The summed E-state index contributed by atoms with van der Waals surface area (Å²) in [4.78, 5) is 2.65. The number of hydrogen-bond donors (Lipinski definition) is 1. The van der Waals surface area contributed by atoms with E-state index in [9.17, 15) is 0 Å². The zero-order chi connectivity index (χ0) is 12.5. The molecule has 0 aromatic heterocycles. The van der Waals surface area contributed by atoms with Gasteiger partial charge in [-0.2, -0.15) is 0 Å². The molecule has 0 amide bonds. The molecule has 0 bridgehead atoms. The first-order valence-corrected chi connectivity index (χ1v) is 7.08. The topological polar surface area (TPSA) is 38.5 Å². The van der Waals surface area contributed by atoms with Crippen LogP contribution in [0.2, 0.25) is 0 Å². The van der Waals surface area contributed by atoms with Gasteiger partial charge in [0.15, 0.2) is 0 Å². The van der Waals surface area contributed by atoms with Gasteiger partial charge in [-0.15, -0.1) is 0 Å². The van der Waals surface area contributed by atoms with Crippen LogP contribution in [0.4, 0.5) is 0 Å². The maximum absolute atomic E-state index is 6.22. The van der Waals surface area contributed by atoms with Gasteiger partial charge in [-0.05, 0) is 25.2 Å². The van der Waals surface area contributed by atoms with E-state index in [2.05, 4.69) is 25.7 Å². The average Bonchev–Trinajstić information content (AvgIpc) is 2.30. The van der Waals surface area contributed by atoms with Crippen LogP contribution in [0, 0.1) is 5.41 Å². The van der Waals surface area contributed by atoms with E-state index in [4.69, 9.17) is 10.5 Å². The van der Waals surface area contributed by atoms with Crippen molar-refractivity contribution in [2.24, 2.45) is 11.1 Å². The van der Waals surface area contributed by atoms with Gasteiger partial charge >= 0.3 is 0 Å². The molecule has 17 heavy (non-hydrogen) atoms. The van der Waals surface area contributed by atoms with Gasteiger partial charge < -0.3 is 10.5 Å². The van der Waals surface area contributed by atoms with Gasteiger partial charge in [-0.25, -0.2) is 0 Å². The summed E-state index contributed by atoms with van der Waals surface area (Å²) < 4.78 is 5.58. The smallest absolute Gasteiger partial charge is 0.0620 e. The van der Waals surface area contributed by atoms with Crippen LogP contribution >= 0.6 is 0 Å². The number of hydrogen-bond acceptors (Lipinski definition) is 3. The van der Waals surface area contributed by atoms with Gasteiger partial charge in [0.1, 0.15) is 0 Å². The normalized spacial score (nSPS) is 39.2. The van der Waals surface area contributed by atoms with E-state index < -0.39 is 0 Å². The van der Waals surface area contributed by atoms with Crippen LogP contribution in [-0.4, -0.2) is 42.8 Å². The highest BCUT2D eigenvalue weighted by Crippen LogP contribution is 2.47. The third-order valence-corrected chi connectivity index (χ3v) is 5.16. The largest absolute Gasteiger partial charge is 0.379 e. The van der Waals surface area contributed by atoms with Crippen molar-refractivity contribution in [3.8, 4) is 0 Å². The second-order valence-electron chi connectivity index (χ2n) is 6.44. The Labute approximate surface area is 106 Å². The Morgan fingerprint density at radius 1 is 1.29 bits per heavy atom. The maximum Gasteiger partial charge on any atom is 0.0620 e. The quantitative estimate of drug-likeness (QED) is 0.802. The van der Waals surface area contributed by atoms with Gasteiger partial charge in [0.05, 0.1) is 13.2 Å². The molecule has 1 heterocycles. The molecular formula is C14H28N2O. The highest BCUT2D eigenvalue weighted by atomic mass is 16.5. The molecule has 1 saturated carbocycles. The number of morpholine rings is 1. The monoisotopic (exact) mass is 240 g/mol. The summed E-state index contributed by atoms with van der Waals surface area (Å²) in [7, 11) is 0. The van der Waals surface area contributed by atoms with Gasteiger partial charge in [-0.3, -0.25) is 4.90 Å². The van der Waals surface area contributed by atoms with Gasteiger partial charge in [0.2, 0.25) is 0 Å². The lowest BCUT2D eigenvalue weighted by Crippen LogP contribution is -2.68. The van der Waals surface area contributed by atoms with Crippen LogP contribution in [0.15, 0.2) is 0 Å². The fraction of sp³-hybridized carbons (Fsp3) is 1.00. The fourth-order valence-electron chi connectivity index (χ4n) is 3.95. The zero-order valence-electron chi connectivity index (χ0n) is 11.7. The SMILES string of the molecule is CC1COCCN1C1(CN)CCCCC1(C)C. The number of nitrogens with two attached hydrogens (primary N) is 1. The Balaban J connectivity index is 2.27. The molecule has 2 N–H and O–H groups in total. The maximum atomic E-state index is 6.22. The fourth-order valence-corrected chi connectivity index (χ4v) is 3.95. The van der Waals surface area contributed by atoms with Crippen LogP contribution in [0.25, 0.3) is 0 Å².